The Kier molecular flexibility index (Phi) is 4.30. The number of hydrogen-bond acceptors (Lipinski definition) is 5. The molecule has 1 unspecified atom stereocenters. The zero-order valence-corrected chi connectivity index (χ0v) is 14.8. The van der Waals surface area contributed by atoms with E-state index in [-0.39, 0.29) is 17.4 Å². The number of hydrogen-bond donors (Lipinski definition) is 0. The number of carbonyl (C=O) groups excluding carboxylic acids is 1. The molecule has 6 nitrogen and oxygen atoms in total. The van der Waals surface area contributed by atoms with Crippen LogP contribution >= 0.6 is 0 Å². The van der Waals surface area contributed by atoms with Gasteiger partial charge in [-0.15, -0.1) is 0 Å². The Hall–Kier alpha value is -2.57. The zero-order valence-electron chi connectivity index (χ0n) is 14.8. The lowest BCUT2D eigenvalue weighted by Gasteiger charge is -2.47. The van der Waals surface area contributed by atoms with Crippen LogP contribution in [0.3, 0.4) is 0 Å². The molecule has 2 saturated heterocycles. The van der Waals surface area contributed by atoms with Gasteiger partial charge < -0.3 is 9.80 Å². The SMILES string of the molecule is CCN1C(=O)CC(c2cccnc2)C12CCN(c1ncc(F)cn1)CC2. The highest BCUT2D eigenvalue weighted by Crippen LogP contribution is 2.48. The standard InChI is InChI=1S/C19H22FN5O/c1-2-25-17(26)10-16(14-4-3-7-21-11-14)19(25)5-8-24(9-6-19)18-22-12-15(20)13-23-18/h3-4,7,11-13,16H,2,5-6,8-10H2,1H3. The number of rotatable bonds is 3. The van der Waals surface area contributed by atoms with Gasteiger partial charge in [-0.05, 0) is 31.4 Å². The lowest BCUT2D eigenvalue weighted by atomic mass is 9.74. The maximum Gasteiger partial charge on any atom is 0.225 e. The van der Waals surface area contributed by atoms with E-state index in [1.54, 1.807) is 6.20 Å². The molecule has 0 N–H and O–H groups in total. The minimum Gasteiger partial charge on any atom is -0.341 e. The van der Waals surface area contributed by atoms with Gasteiger partial charge in [0.05, 0.1) is 17.9 Å². The number of anilines is 1. The van der Waals surface area contributed by atoms with Gasteiger partial charge in [0, 0.05) is 44.4 Å². The third-order valence-electron chi connectivity index (χ3n) is 5.79. The highest BCUT2D eigenvalue weighted by Gasteiger charge is 2.53. The summed E-state index contributed by atoms with van der Waals surface area (Å²) < 4.78 is 13.1. The second kappa shape index (κ2) is 6.63. The summed E-state index contributed by atoms with van der Waals surface area (Å²) in [6.07, 6.45) is 8.25. The van der Waals surface area contributed by atoms with Crippen molar-refractivity contribution < 1.29 is 9.18 Å². The van der Waals surface area contributed by atoms with Gasteiger partial charge in [-0.25, -0.2) is 14.4 Å². The summed E-state index contributed by atoms with van der Waals surface area (Å²) in [4.78, 5) is 29.3. The van der Waals surface area contributed by atoms with Crippen molar-refractivity contribution in [2.24, 2.45) is 0 Å². The smallest absolute Gasteiger partial charge is 0.225 e. The number of nitrogens with zero attached hydrogens (tertiary/aromatic N) is 5. The Bertz CT molecular complexity index is 774. The number of amides is 1. The van der Waals surface area contributed by atoms with Crippen LogP contribution in [0, 0.1) is 5.82 Å². The first-order chi connectivity index (χ1) is 12.6. The summed E-state index contributed by atoms with van der Waals surface area (Å²) >= 11 is 0. The molecular weight excluding hydrogens is 333 g/mol. The summed E-state index contributed by atoms with van der Waals surface area (Å²) in [5.41, 5.74) is 0.939. The summed E-state index contributed by atoms with van der Waals surface area (Å²) in [5.74, 6) is 0.483. The molecule has 0 aliphatic carbocycles. The number of likely N-dealkylation sites (tertiary alicyclic amines) is 1. The molecular formula is C19H22FN5O. The predicted molar refractivity (Wildman–Crippen MR) is 95.2 cm³/mol. The zero-order chi connectivity index (χ0) is 18.1. The van der Waals surface area contributed by atoms with Crippen molar-refractivity contribution in [3.63, 3.8) is 0 Å². The van der Waals surface area contributed by atoms with Gasteiger partial charge in [0.2, 0.25) is 11.9 Å². The summed E-state index contributed by atoms with van der Waals surface area (Å²) in [6, 6.07) is 4.00. The molecule has 26 heavy (non-hydrogen) atoms. The van der Waals surface area contributed by atoms with Crippen molar-refractivity contribution in [2.75, 3.05) is 24.5 Å². The predicted octanol–water partition coefficient (Wildman–Crippen LogP) is 2.39. The maximum absolute atomic E-state index is 13.1. The Morgan fingerprint density at radius 2 is 1.96 bits per heavy atom. The number of aromatic nitrogens is 3. The van der Waals surface area contributed by atoms with Crippen LogP contribution in [0.2, 0.25) is 0 Å². The molecule has 0 saturated carbocycles. The van der Waals surface area contributed by atoms with Gasteiger partial charge in [0.15, 0.2) is 5.82 Å². The van der Waals surface area contributed by atoms with E-state index in [0.717, 1.165) is 31.5 Å². The largest absolute Gasteiger partial charge is 0.341 e. The number of carbonyl (C=O) groups is 1. The summed E-state index contributed by atoms with van der Waals surface area (Å²) in [7, 11) is 0. The highest BCUT2D eigenvalue weighted by molar-refractivity contribution is 5.81. The fraction of sp³-hybridized carbons (Fsp3) is 0.474. The minimum atomic E-state index is -0.433. The molecule has 0 aromatic carbocycles. The van der Waals surface area contributed by atoms with Crippen molar-refractivity contribution >= 4 is 11.9 Å². The molecule has 0 bridgehead atoms. The van der Waals surface area contributed by atoms with Crippen LogP contribution in [0.25, 0.3) is 0 Å². The Morgan fingerprint density at radius 3 is 2.58 bits per heavy atom. The van der Waals surface area contributed by atoms with Crippen molar-refractivity contribution in [3.05, 3.63) is 48.3 Å². The molecule has 2 aromatic rings. The van der Waals surface area contributed by atoms with Crippen LogP contribution in [0.4, 0.5) is 10.3 Å². The number of likely N-dealkylation sites (N-methyl/N-ethyl adjacent to an activating group) is 1. The second-order valence-electron chi connectivity index (χ2n) is 6.97. The summed E-state index contributed by atoms with van der Waals surface area (Å²) in [6.45, 7) is 4.24. The Balaban J connectivity index is 1.61. The molecule has 0 radical (unpaired) electrons. The van der Waals surface area contributed by atoms with E-state index in [9.17, 15) is 9.18 Å². The van der Waals surface area contributed by atoms with Crippen molar-refractivity contribution in [1.82, 2.24) is 19.9 Å². The van der Waals surface area contributed by atoms with Crippen LogP contribution in [-0.4, -0.2) is 50.9 Å². The van der Waals surface area contributed by atoms with E-state index in [0.29, 0.717) is 18.9 Å². The molecule has 1 spiro atoms. The normalized spacial score (nSPS) is 22.2. The van der Waals surface area contributed by atoms with Gasteiger partial charge in [-0.1, -0.05) is 6.07 Å². The van der Waals surface area contributed by atoms with E-state index in [4.69, 9.17) is 0 Å². The molecule has 2 aliphatic heterocycles. The average molecular weight is 355 g/mol. The molecule has 1 atom stereocenters. The third-order valence-corrected chi connectivity index (χ3v) is 5.79. The molecule has 2 aliphatic rings. The van der Waals surface area contributed by atoms with Crippen molar-refractivity contribution in [2.45, 2.75) is 37.6 Å². The second-order valence-corrected chi connectivity index (χ2v) is 6.97. The van der Waals surface area contributed by atoms with Gasteiger partial charge in [-0.2, -0.15) is 0 Å². The number of halogens is 1. The molecule has 7 heteroatoms. The lowest BCUT2D eigenvalue weighted by Crippen LogP contribution is -2.55. The highest BCUT2D eigenvalue weighted by atomic mass is 19.1. The maximum atomic E-state index is 13.1. The van der Waals surface area contributed by atoms with Gasteiger partial charge in [0.25, 0.3) is 0 Å². The van der Waals surface area contributed by atoms with Crippen LogP contribution in [0.15, 0.2) is 36.9 Å². The Labute approximate surface area is 152 Å². The average Bonchev–Trinajstić information content (AvgIpc) is 2.95. The lowest BCUT2D eigenvalue weighted by molar-refractivity contribution is -0.131. The topological polar surface area (TPSA) is 62.2 Å². The van der Waals surface area contributed by atoms with E-state index >= 15 is 0 Å². The van der Waals surface area contributed by atoms with E-state index < -0.39 is 5.82 Å². The number of piperidine rings is 1. The Morgan fingerprint density at radius 1 is 1.23 bits per heavy atom. The first-order valence-electron chi connectivity index (χ1n) is 9.07. The minimum absolute atomic E-state index is 0.153. The number of pyridine rings is 1. The molecule has 2 aromatic heterocycles. The van der Waals surface area contributed by atoms with Crippen LogP contribution in [-0.2, 0) is 4.79 Å². The van der Waals surface area contributed by atoms with Crippen LogP contribution in [0.5, 0.6) is 0 Å². The molecule has 2 fully saturated rings. The first-order valence-corrected chi connectivity index (χ1v) is 9.07. The van der Waals surface area contributed by atoms with Gasteiger partial charge in [-0.3, -0.25) is 9.78 Å². The molecule has 4 rings (SSSR count). The van der Waals surface area contributed by atoms with Crippen molar-refractivity contribution in [1.29, 1.82) is 0 Å². The van der Waals surface area contributed by atoms with E-state index in [2.05, 4.69) is 25.9 Å². The van der Waals surface area contributed by atoms with Crippen LogP contribution in [0.1, 0.15) is 37.7 Å². The van der Waals surface area contributed by atoms with Gasteiger partial charge >= 0.3 is 0 Å². The molecule has 1 amide bonds. The van der Waals surface area contributed by atoms with Gasteiger partial charge in [0.1, 0.15) is 0 Å². The fourth-order valence-corrected chi connectivity index (χ4v) is 4.59. The first kappa shape index (κ1) is 16.9. The van der Waals surface area contributed by atoms with Crippen molar-refractivity contribution in [3.8, 4) is 0 Å². The van der Waals surface area contributed by atoms with E-state index in [1.165, 1.54) is 12.4 Å². The van der Waals surface area contributed by atoms with Crippen LogP contribution < -0.4 is 4.90 Å². The van der Waals surface area contributed by atoms with E-state index in [1.807, 2.05) is 24.1 Å². The monoisotopic (exact) mass is 355 g/mol. The fourth-order valence-electron chi connectivity index (χ4n) is 4.59. The summed E-state index contributed by atoms with van der Waals surface area (Å²) in [5, 5.41) is 0. The molecule has 136 valence electrons. The molecule has 4 heterocycles. The third kappa shape index (κ3) is 2.71. The quantitative estimate of drug-likeness (QED) is 0.846.